The number of aromatic nitrogens is 1. The fraction of sp³-hybridized carbons (Fsp3) is 0.444. The summed E-state index contributed by atoms with van der Waals surface area (Å²) in [5.74, 6) is 0.459. The van der Waals surface area contributed by atoms with Gasteiger partial charge in [-0.05, 0) is 48.5 Å². The standard InChI is InChI=1S/C27H33N3O3/c1-27(2)20-10-9-19(23(27)15-20)11-13-29-26(33)22-17-30(14-12-18-7-5-4-6-8-18)16-21(24(22)31)25(32)28-3/h4-9,16-17,20,23H,10-15H2,1-3H3,(H,28,32)(H,29,33)/t20-,23-/m0/s1. The Bertz CT molecular complexity index is 1130. The minimum absolute atomic E-state index is 0.00539. The molecule has 0 saturated heterocycles. The van der Waals surface area contributed by atoms with Gasteiger partial charge < -0.3 is 15.2 Å². The quantitative estimate of drug-likeness (QED) is 0.607. The van der Waals surface area contributed by atoms with Crippen LogP contribution in [0.3, 0.4) is 0 Å². The van der Waals surface area contributed by atoms with Crippen molar-refractivity contribution in [2.45, 2.75) is 46.1 Å². The number of aryl methyl sites for hydroxylation is 2. The van der Waals surface area contributed by atoms with Crippen LogP contribution in [0.4, 0.5) is 0 Å². The highest BCUT2D eigenvalue weighted by Crippen LogP contribution is 2.59. The average Bonchev–Trinajstić information content (AvgIpc) is 2.83. The van der Waals surface area contributed by atoms with E-state index in [2.05, 4.69) is 30.6 Å². The van der Waals surface area contributed by atoms with Crippen molar-refractivity contribution in [3.05, 3.63) is 81.3 Å². The Morgan fingerprint density at radius 1 is 1.06 bits per heavy atom. The van der Waals surface area contributed by atoms with Gasteiger partial charge in [0, 0.05) is 32.5 Å². The SMILES string of the molecule is CNC(=O)c1cn(CCc2ccccc2)cc(C(=O)NCCC2=CC[C@H]3C[C@@H]2C3(C)C)c1=O. The third kappa shape index (κ3) is 4.65. The molecule has 2 bridgehead atoms. The van der Waals surface area contributed by atoms with E-state index in [-0.39, 0.29) is 11.1 Å². The highest BCUT2D eigenvalue weighted by Gasteiger charge is 2.50. The number of fused-ring (bicyclic) bond motifs is 1. The second-order valence-electron chi connectivity index (χ2n) is 9.79. The zero-order valence-corrected chi connectivity index (χ0v) is 19.7. The highest BCUT2D eigenvalue weighted by atomic mass is 16.2. The molecule has 33 heavy (non-hydrogen) atoms. The van der Waals surface area contributed by atoms with Gasteiger partial charge in [0.2, 0.25) is 5.43 Å². The lowest BCUT2D eigenvalue weighted by atomic mass is 9.48. The molecule has 1 aromatic carbocycles. The van der Waals surface area contributed by atoms with Crippen LogP contribution in [0, 0.1) is 17.3 Å². The predicted molar refractivity (Wildman–Crippen MR) is 129 cm³/mol. The summed E-state index contributed by atoms with van der Waals surface area (Å²) in [5, 5.41) is 5.41. The molecule has 174 valence electrons. The van der Waals surface area contributed by atoms with Gasteiger partial charge in [0.25, 0.3) is 11.8 Å². The Hall–Kier alpha value is -3.15. The maximum atomic E-state index is 12.9. The van der Waals surface area contributed by atoms with Crippen molar-refractivity contribution in [2.75, 3.05) is 13.6 Å². The van der Waals surface area contributed by atoms with Gasteiger partial charge in [0.15, 0.2) is 0 Å². The van der Waals surface area contributed by atoms with Gasteiger partial charge in [-0.1, -0.05) is 55.8 Å². The first-order valence-corrected chi connectivity index (χ1v) is 11.8. The number of nitrogens with zero attached hydrogens (tertiary/aromatic N) is 1. The predicted octanol–water partition coefficient (Wildman–Crippen LogP) is 3.56. The number of hydrogen-bond acceptors (Lipinski definition) is 3. The Morgan fingerprint density at radius 3 is 2.39 bits per heavy atom. The minimum Gasteiger partial charge on any atom is -0.355 e. The number of carbonyl (C=O) groups excluding carboxylic acids is 2. The number of rotatable bonds is 8. The maximum Gasteiger partial charge on any atom is 0.256 e. The topological polar surface area (TPSA) is 80.2 Å². The van der Waals surface area contributed by atoms with Crippen LogP contribution in [0.25, 0.3) is 0 Å². The second-order valence-corrected chi connectivity index (χ2v) is 9.79. The van der Waals surface area contributed by atoms with Gasteiger partial charge in [-0.3, -0.25) is 14.4 Å². The van der Waals surface area contributed by atoms with E-state index in [0.717, 1.165) is 30.7 Å². The molecular weight excluding hydrogens is 414 g/mol. The molecule has 2 aromatic rings. The smallest absolute Gasteiger partial charge is 0.256 e. The molecule has 6 heteroatoms. The monoisotopic (exact) mass is 447 g/mol. The van der Waals surface area contributed by atoms with Crippen molar-refractivity contribution >= 4 is 11.8 Å². The summed E-state index contributed by atoms with van der Waals surface area (Å²) >= 11 is 0. The van der Waals surface area contributed by atoms with Crippen molar-refractivity contribution in [3.8, 4) is 0 Å². The van der Waals surface area contributed by atoms with Crippen LogP contribution in [-0.4, -0.2) is 30.0 Å². The van der Waals surface area contributed by atoms with Crippen LogP contribution in [0.5, 0.6) is 0 Å². The number of amides is 2. The zero-order chi connectivity index (χ0) is 23.6. The molecule has 3 aliphatic rings. The molecule has 0 unspecified atom stereocenters. The van der Waals surface area contributed by atoms with E-state index in [1.165, 1.54) is 25.2 Å². The summed E-state index contributed by atoms with van der Waals surface area (Å²) in [6, 6.07) is 9.97. The van der Waals surface area contributed by atoms with Crippen LogP contribution in [0.15, 0.2) is 59.2 Å². The van der Waals surface area contributed by atoms with Crippen molar-refractivity contribution in [1.82, 2.24) is 15.2 Å². The molecule has 1 heterocycles. The van der Waals surface area contributed by atoms with Crippen molar-refractivity contribution < 1.29 is 9.59 Å². The third-order valence-corrected chi connectivity index (χ3v) is 7.58. The Labute approximate surface area is 195 Å². The molecule has 2 amide bonds. The molecule has 0 radical (unpaired) electrons. The summed E-state index contributed by atoms with van der Waals surface area (Å²) in [7, 11) is 1.48. The summed E-state index contributed by atoms with van der Waals surface area (Å²) < 4.78 is 1.76. The first kappa shape index (κ1) is 23.0. The van der Waals surface area contributed by atoms with Crippen LogP contribution >= 0.6 is 0 Å². The number of allylic oxidation sites excluding steroid dienone is 1. The molecule has 1 fully saturated rings. The Balaban J connectivity index is 1.46. The summed E-state index contributed by atoms with van der Waals surface area (Å²) in [6.07, 6.45) is 9.31. The second kappa shape index (κ2) is 9.38. The molecule has 2 N–H and O–H groups in total. The largest absolute Gasteiger partial charge is 0.355 e. The lowest BCUT2D eigenvalue weighted by Gasteiger charge is -2.56. The lowest BCUT2D eigenvalue weighted by molar-refractivity contribution is -0.00811. The molecule has 0 spiro atoms. The van der Waals surface area contributed by atoms with Crippen LogP contribution in [0.1, 0.15) is 59.4 Å². The summed E-state index contributed by atoms with van der Waals surface area (Å²) in [6.45, 7) is 5.70. The van der Waals surface area contributed by atoms with E-state index >= 15 is 0 Å². The van der Waals surface area contributed by atoms with E-state index < -0.39 is 17.2 Å². The molecule has 6 nitrogen and oxygen atoms in total. The van der Waals surface area contributed by atoms with E-state index in [4.69, 9.17) is 0 Å². The van der Waals surface area contributed by atoms with Crippen LogP contribution in [-0.2, 0) is 13.0 Å². The van der Waals surface area contributed by atoms with Gasteiger partial charge >= 0.3 is 0 Å². The molecule has 1 aromatic heterocycles. The van der Waals surface area contributed by atoms with Crippen molar-refractivity contribution in [2.24, 2.45) is 17.3 Å². The van der Waals surface area contributed by atoms with Crippen molar-refractivity contribution in [1.29, 1.82) is 0 Å². The van der Waals surface area contributed by atoms with Crippen LogP contribution < -0.4 is 16.1 Å². The number of nitrogens with one attached hydrogen (secondary N) is 2. The van der Waals surface area contributed by atoms with Gasteiger partial charge in [0.05, 0.1) is 0 Å². The van der Waals surface area contributed by atoms with Gasteiger partial charge in [-0.2, -0.15) is 0 Å². The Morgan fingerprint density at radius 2 is 1.76 bits per heavy atom. The molecule has 3 aliphatic carbocycles. The number of carbonyl (C=O) groups is 2. The minimum atomic E-state index is -0.539. The van der Waals surface area contributed by atoms with E-state index in [9.17, 15) is 14.4 Å². The molecule has 1 saturated carbocycles. The lowest BCUT2D eigenvalue weighted by Crippen LogP contribution is -2.48. The number of hydrogen-bond donors (Lipinski definition) is 2. The maximum absolute atomic E-state index is 12.9. The van der Waals surface area contributed by atoms with E-state index in [0.29, 0.717) is 24.4 Å². The third-order valence-electron chi connectivity index (χ3n) is 7.58. The van der Waals surface area contributed by atoms with Crippen LogP contribution in [0.2, 0.25) is 0 Å². The normalized spacial score (nSPS) is 20.4. The molecular formula is C27H33N3O3. The molecule has 5 rings (SSSR count). The van der Waals surface area contributed by atoms with E-state index in [1.807, 2.05) is 30.3 Å². The fourth-order valence-corrected chi connectivity index (χ4v) is 5.29. The summed E-state index contributed by atoms with van der Waals surface area (Å²) in [4.78, 5) is 38.1. The van der Waals surface area contributed by atoms with Gasteiger partial charge in [-0.15, -0.1) is 0 Å². The zero-order valence-electron chi connectivity index (χ0n) is 19.7. The van der Waals surface area contributed by atoms with Gasteiger partial charge in [-0.25, -0.2) is 0 Å². The van der Waals surface area contributed by atoms with E-state index in [1.54, 1.807) is 10.8 Å². The van der Waals surface area contributed by atoms with Gasteiger partial charge in [0.1, 0.15) is 11.1 Å². The number of pyridine rings is 1. The first-order valence-electron chi connectivity index (χ1n) is 11.8. The number of benzene rings is 1. The average molecular weight is 448 g/mol. The first-order chi connectivity index (χ1) is 15.8. The molecule has 0 aliphatic heterocycles. The Kier molecular flexibility index (Phi) is 6.54. The van der Waals surface area contributed by atoms with Crippen molar-refractivity contribution in [3.63, 3.8) is 0 Å². The summed E-state index contributed by atoms with van der Waals surface area (Å²) in [5.41, 5.74) is 2.36. The molecule has 2 atom stereocenters. The highest BCUT2D eigenvalue weighted by molar-refractivity contribution is 5.99. The fourth-order valence-electron chi connectivity index (χ4n) is 5.29.